The van der Waals surface area contributed by atoms with Gasteiger partial charge in [0.1, 0.15) is 11.8 Å². The molecular formula is C31H43N3O3. The number of benzene rings is 2. The van der Waals surface area contributed by atoms with Gasteiger partial charge in [0, 0.05) is 37.0 Å². The molecular weight excluding hydrogens is 462 g/mol. The number of carbonyl (C=O) groups is 2. The fraction of sp³-hybridized carbons (Fsp3) is 0.548. The quantitative estimate of drug-likeness (QED) is 0.437. The van der Waals surface area contributed by atoms with Crippen LogP contribution in [0.25, 0.3) is 0 Å². The van der Waals surface area contributed by atoms with Crippen molar-refractivity contribution in [2.45, 2.75) is 84.9 Å². The Labute approximate surface area is 222 Å². The maximum Gasteiger partial charge on any atom is 0.265 e. The van der Waals surface area contributed by atoms with E-state index < -0.39 is 12.1 Å². The van der Waals surface area contributed by atoms with E-state index in [0.717, 1.165) is 62.0 Å². The number of amides is 2. The Hall–Kier alpha value is -3.02. The van der Waals surface area contributed by atoms with Crippen molar-refractivity contribution in [3.63, 3.8) is 0 Å². The van der Waals surface area contributed by atoms with Gasteiger partial charge in [0.2, 0.25) is 5.91 Å². The van der Waals surface area contributed by atoms with E-state index in [1.165, 1.54) is 5.56 Å². The Bertz CT molecular complexity index is 1090. The van der Waals surface area contributed by atoms with E-state index in [0.29, 0.717) is 12.3 Å². The highest BCUT2D eigenvalue weighted by Crippen LogP contribution is 2.45. The number of nitrogens with zero attached hydrogens (tertiary/aromatic N) is 2. The Morgan fingerprint density at radius 1 is 1.11 bits per heavy atom. The van der Waals surface area contributed by atoms with Gasteiger partial charge in [-0.25, -0.2) is 0 Å². The van der Waals surface area contributed by atoms with Gasteiger partial charge in [-0.3, -0.25) is 9.59 Å². The molecule has 6 nitrogen and oxygen atoms in total. The zero-order valence-electron chi connectivity index (χ0n) is 23.1. The van der Waals surface area contributed by atoms with Gasteiger partial charge in [0.05, 0.1) is 6.04 Å². The van der Waals surface area contributed by atoms with Crippen LogP contribution < -0.4 is 15.0 Å². The summed E-state index contributed by atoms with van der Waals surface area (Å²) < 4.78 is 6.53. The Balaban J connectivity index is 1.88. The summed E-state index contributed by atoms with van der Waals surface area (Å²) in [6.45, 7) is 12.7. The second-order valence-corrected chi connectivity index (χ2v) is 10.6. The minimum Gasteiger partial charge on any atom is -0.480 e. The SMILES string of the molecule is CCCCNC(=O)C1c2ccc(N(CC)CC)cc2OC(C(C)C)C(=O)N1C1CCCc2ccccc21. The van der Waals surface area contributed by atoms with Crippen LogP contribution in [-0.2, 0) is 16.0 Å². The minimum absolute atomic E-state index is 0.0410. The predicted octanol–water partition coefficient (Wildman–Crippen LogP) is 5.81. The first kappa shape index (κ1) is 27.0. The average molecular weight is 506 g/mol. The van der Waals surface area contributed by atoms with Crippen molar-refractivity contribution in [2.75, 3.05) is 24.5 Å². The Morgan fingerprint density at radius 2 is 1.86 bits per heavy atom. The molecule has 1 N–H and O–H groups in total. The lowest BCUT2D eigenvalue weighted by atomic mass is 9.85. The van der Waals surface area contributed by atoms with Crippen molar-refractivity contribution >= 4 is 17.5 Å². The summed E-state index contributed by atoms with van der Waals surface area (Å²) in [5, 5.41) is 3.14. The lowest BCUT2D eigenvalue weighted by Gasteiger charge is -2.40. The summed E-state index contributed by atoms with van der Waals surface area (Å²) >= 11 is 0. The molecule has 0 aromatic heterocycles. The van der Waals surface area contributed by atoms with Gasteiger partial charge in [-0.2, -0.15) is 0 Å². The zero-order valence-corrected chi connectivity index (χ0v) is 23.1. The maximum absolute atomic E-state index is 14.4. The maximum atomic E-state index is 14.4. The number of fused-ring (bicyclic) bond motifs is 2. The minimum atomic E-state index is -0.745. The van der Waals surface area contributed by atoms with E-state index in [-0.39, 0.29) is 23.8 Å². The fourth-order valence-electron chi connectivity index (χ4n) is 5.77. The molecule has 0 saturated carbocycles. The number of rotatable bonds is 9. The van der Waals surface area contributed by atoms with Gasteiger partial charge in [0.15, 0.2) is 6.10 Å². The molecule has 3 atom stereocenters. The Morgan fingerprint density at radius 3 is 2.57 bits per heavy atom. The molecule has 1 aliphatic heterocycles. The third kappa shape index (κ3) is 5.48. The predicted molar refractivity (Wildman–Crippen MR) is 149 cm³/mol. The fourth-order valence-corrected chi connectivity index (χ4v) is 5.77. The molecule has 37 heavy (non-hydrogen) atoms. The molecule has 0 fully saturated rings. The first-order valence-electron chi connectivity index (χ1n) is 14.1. The summed E-state index contributed by atoms with van der Waals surface area (Å²) in [5.74, 6) is 0.363. The van der Waals surface area contributed by atoms with Gasteiger partial charge in [-0.1, -0.05) is 57.5 Å². The molecule has 200 valence electrons. The number of unbranched alkanes of at least 4 members (excludes halogenated alkanes) is 1. The highest BCUT2D eigenvalue weighted by molar-refractivity contribution is 5.92. The van der Waals surface area contributed by atoms with E-state index in [1.807, 2.05) is 36.9 Å². The number of hydrogen-bond acceptors (Lipinski definition) is 4. The van der Waals surface area contributed by atoms with Crippen molar-refractivity contribution < 1.29 is 14.3 Å². The third-order valence-corrected chi connectivity index (χ3v) is 7.81. The van der Waals surface area contributed by atoms with E-state index in [2.05, 4.69) is 55.3 Å². The van der Waals surface area contributed by atoms with Gasteiger partial charge in [-0.05, 0) is 62.6 Å². The highest BCUT2D eigenvalue weighted by Gasteiger charge is 2.46. The summed E-state index contributed by atoms with van der Waals surface area (Å²) in [6.07, 6.45) is 4.04. The van der Waals surface area contributed by atoms with E-state index in [1.54, 1.807) is 0 Å². The van der Waals surface area contributed by atoms with Crippen LogP contribution in [0, 0.1) is 5.92 Å². The molecule has 2 amide bonds. The van der Waals surface area contributed by atoms with Crippen molar-refractivity contribution in [3.8, 4) is 5.75 Å². The topological polar surface area (TPSA) is 61.9 Å². The van der Waals surface area contributed by atoms with Gasteiger partial charge in [0.25, 0.3) is 5.91 Å². The van der Waals surface area contributed by atoms with E-state index >= 15 is 0 Å². The summed E-state index contributed by atoms with van der Waals surface area (Å²) in [5.41, 5.74) is 4.23. The molecule has 0 radical (unpaired) electrons. The first-order valence-corrected chi connectivity index (χ1v) is 14.1. The summed E-state index contributed by atoms with van der Waals surface area (Å²) in [4.78, 5) is 32.4. The molecule has 4 rings (SSSR count). The van der Waals surface area contributed by atoms with Crippen molar-refractivity contribution in [2.24, 2.45) is 5.92 Å². The van der Waals surface area contributed by atoms with Crippen LogP contribution in [0.4, 0.5) is 5.69 Å². The molecule has 0 bridgehead atoms. The van der Waals surface area contributed by atoms with Crippen LogP contribution in [0.1, 0.15) is 89.1 Å². The van der Waals surface area contributed by atoms with Crippen LogP contribution in [-0.4, -0.2) is 42.5 Å². The molecule has 6 heteroatoms. The third-order valence-electron chi connectivity index (χ3n) is 7.81. The second-order valence-electron chi connectivity index (χ2n) is 10.6. The smallest absolute Gasteiger partial charge is 0.265 e. The number of carbonyl (C=O) groups excluding carboxylic acids is 2. The van der Waals surface area contributed by atoms with Gasteiger partial charge < -0.3 is 19.9 Å². The number of ether oxygens (including phenoxy) is 1. The van der Waals surface area contributed by atoms with Gasteiger partial charge in [-0.15, -0.1) is 0 Å². The van der Waals surface area contributed by atoms with Crippen LogP contribution >= 0.6 is 0 Å². The molecule has 3 unspecified atom stereocenters. The van der Waals surface area contributed by atoms with Crippen molar-refractivity contribution in [1.29, 1.82) is 0 Å². The van der Waals surface area contributed by atoms with Crippen LogP contribution in [0.5, 0.6) is 5.75 Å². The molecule has 1 aliphatic carbocycles. The number of aryl methyl sites for hydroxylation is 1. The zero-order chi connectivity index (χ0) is 26.5. The summed E-state index contributed by atoms with van der Waals surface area (Å²) in [6, 6.07) is 13.6. The van der Waals surface area contributed by atoms with E-state index in [9.17, 15) is 9.59 Å². The van der Waals surface area contributed by atoms with Crippen molar-refractivity contribution in [1.82, 2.24) is 10.2 Å². The monoisotopic (exact) mass is 505 g/mol. The van der Waals surface area contributed by atoms with Crippen LogP contribution in [0.2, 0.25) is 0 Å². The first-order chi connectivity index (χ1) is 17.9. The standard InChI is InChI=1S/C31H43N3O3/c1-6-9-19-32-30(35)28-25-18-17-23(33(7-2)8-3)20-27(25)37-29(21(4)5)31(36)34(28)26-16-12-14-22-13-10-11-15-24(22)26/h10-11,13,15,17-18,20-21,26,28-29H,6-9,12,14,16,19H2,1-5H3,(H,32,35). The largest absolute Gasteiger partial charge is 0.480 e. The molecule has 2 aliphatic rings. The lowest BCUT2D eigenvalue weighted by molar-refractivity contribution is -0.150. The molecule has 2 aromatic rings. The average Bonchev–Trinajstić information content (AvgIpc) is 3.03. The second kappa shape index (κ2) is 12.0. The summed E-state index contributed by atoms with van der Waals surface area (Å²) in [7, 11) is 0. The number of nitrogens with one attached hydrogen (secondary N) is 1. The van der Waals surface area contributed by atoms with Gasteiger partial charge >= 0.3 is 0 Å². The Kier molecular flexibility index (Phi) is 8.78. The van der Waals surface area contributed by atoms with E-state index in [4.69, 9.17) is 4.74 Å². The highest BCUT2D eigenvalue weighted by atomic mass is 16.5. The van der Waals surface area contributed by atoms with Crippen molar-refractivity contribution in [3.05, 3.63) is 59.2 Å². The van der Waals surface area contributed by atoms with Crippen LogP contribution in [0.3, 0.4) is 0 Å². The van der Waals surface area contributed by atoms with Crippen LogP contribution in [0.15, 0.2) is 42.5 Å². The number of anilines is 1. The number of hydrogen-bond donors (Lipinski definition) is 1. The molecule has 0 spiro atoms. The molecule has 0 saturated heterocycles. The lowest BCUT2D eigenvalue weighted by Crippen LogP contribution is -2.50. The normalized spacial score (nSPS) is 21.1. The molecule has 1 heterocycles. The molecule has 2 aromatic carbocycles.